The van der Waals surface area contributed by atoms with Crippen molar-refractivity contribution in [1.82, 2.24) is 10.0 Å². The minimum Gasteiger partial charge on any atom is -0.494 e. The van der Waals surface area contributed by atoms with Crippen LogP contribution in [0.4, 0.5) is 4.39 Å². The van der Waals surface area contributed by atoms with E-state index in [1.165, 1.54) is 36.4 Å². The van der Waals surface area contributed by atoms with Crippen molar-refractivity contribution < 1.29 is 22.3 Å². The lowest BCUT2D eigenvalue weighted by atomic mass is 10.2. The van der Waals surface area contributed by atoms with E-state index < -0.39 is 10.0 Å². The number of hydrogen-bond acceptors (Lipinski definition) is 4. The van der Waals surface area contributed by atoms with Gasteiger partial charge >= 0.3 is 0 Å². The van der Waals surface area contributed by atoms with Crippen LogP contribution in [0.2, 0.25) is 0 Å². The molecule has 1 amide bonds. The van der Waals surface area contributed by atoms with Crippen LogP contribution in [-0.2, 0) is 10.0 Å². The minimum atomic E-state index is -3.68. The lowest BCUT2D eigenvalue weighted by Gasteiger charge is -2.08. The molecule has 0 spiro atoms. The average Bonchev–Trinajstić information content (AvgIpc) is 2.70. The number of rotatable bonds is 10. The molecule has 0 aliphatic rings. The van der Waals surface area contributed by atoms with Gasteiger partial charge < -0.3 is 10.1 Å². The molecule has 2 rings (SSSR count). The van der Waals surface area contributed by atoms with E-state index in [0.29, 0.717) is 30.9 Å². The number of nitrogens with one attached hydrogen (secondary N) is 2. The molecule has 28 heavy (non-hydrogen) atoms. The highest BCUT2D eigenvalue weighted by Crippen LogP contribution is 2.12. The van der Waals surface area contributed by atoms with Crippen LogP contribution in [-0.4, -0.2) is 34.0 Å². The molecule has 2 aromatic rings. The molecule has 2 aromatic carbocycles. The van der Waals surface area contributed by atoms with E-state index in [1.54, 1.807) is 12.1 Å². The number of halogens is 1. The first-order valence-corrected chi connectivity index (χ1v) is 10.1. The van der Waals surface area contributed by atoms with Crippen LogP contribution < -0.4 is 14.8 Å². The van der Waals surface area contributed by atoms with Gasteiger partial charge in [-0.05, 0) is 61.4 Å². The number of benzene rings is 2. The Hall–Kier alpha value is -2.89. The largest absolute Gasteiger partial charge is 0.494 e. The molecule has 0 aliphatic carbocycles. The van der Waals surface area contributed by atoms with E-state index in [4.69, 9.17) is 11.2 Å². The minimum absolute atomic E-state index is 0.0391. The van der Waals surface area contributed by atoms with Gasteiger partial charge in [0.05, 0.1) is 18.0 Å². The molecule has 0 saturated heterocycles. The van der Waals surface area contributed by atoms with E-state index >= 15 is 0 Å². The van der Waals surface area contributed by atoms with Crippen molar-refractivity contribution >= 4 is 15.9 Å². The first-order valence-electron chi connectivity index (χ1n) is 8.62. The Morgan fingerprint density at radius 3 is 2.39 bits per heavy atom. The molecule has 0 radical (unpaired) electrons. The molecule has 0 atom stereocenters. The third kappa shape index (κ3) is 6.68. The third-order valence-corrected chi connectivity index (χ3v) is 5.15. The van der Waals surface area contributed by atoms with Crippen LogP contribution in [0.5, 0.6) is 5.75 Å². The van der Waals surface area contributed by atoms with Crippen molar-refractivity contribution in [1.29, 1.82) is 0 Å². The first-order chi connectivity index (χ1) is 13.4. The van der Waals surface area contributed by atoms with Crippen molar-refractivity contribution in [2.24, 2.45) is 0 Å². The smallest absolute Gasteiger partial charge is 0.251 e. The molecule has 6 nitrogen and oxygen atoms in total. The quantitative estimate of drug-likeness (QED) is 0.470. The Morgan fingerprint density at radius 2 is 1.75 bits per heavy atom. The van der Waals surface area contributed by atoms with Gasteiger partial charge in [-0.25, -0.2) is 12.8 Å². The standard InChI is InChI=1S/C20H21FN2O4S/c1-2-13-23-28(25,26)19-11-5-16(6-12-19)20(24)22-14-3-4-15-27-18-9-7-17(21)8-10-18/h1,5-12,23H,3-4,13-15H2,(H,22,24). The summed E-state index contributed by atoms with van der Waals surface area (Å²) in [5, 5.41) is 2.76. The third-order valence-electron chi connectivity index (χ3n) is 3.73. The zero-order chi connectivity index (χ0) is 20.4. The maximum atomic E-state index is 12.8. The fourth-order valence-corrected chi connectivity index (χ4v) is 3.19. The summed E-state index contributed by atoms with van der Waals surface area (Å²) in [7, 11) is -3.68. The van der Waals surface area contributed by atoms with Gasteiger partial charge in [0.25, 0.3) is 5.91 Å². The Morgan fingerprint density at radius 1 is 1.07 bits per heavy atom. The average molecular weight is 404 g/mol. The van der Waals surface area contributed by atoms with Crippen LogP contribution >= 0.6 is 0 Å². The number of amides is 1. The molecule has 2 N–H and O–H groups in total. The van der Waals surface area contributed by atoms with Crippen molar-refractivity contribution in [2.45, 2.75) is 17.7 Å². The molecular formula is C20H21FN2O4S. The van der Waals surface area contributed by atoms with Gasteiger partial charge in [0, 0.05) is 12.1 Å². The van der Waals surface area contributed by atoms with Crippen LogP contribution in [0.25, 0.3) is 0 Å². The zero-order valence-electron chi connectivity index (χ0n) is 15.2. The fourth-order valence-electron chi connectivity index (χ4n) is 2.26. The number of sulfonamides is 1. The van der Waals surface area contributed by atoms with Crippen molar-refractivity contribution in [3.63, 3.8) is 0 Å². The molecule has 0 heterocycles. The summed E-state index contributed by atoms with van der Waals surface area (Å²) in [6.45, 7) is 0.809. The summed E-state index contributed by atoms with van der Waals surface area (Å²) in [6, 6.07) is 11.4. The van der Waals surface area contributed by atoms with Gasteiger partial charge in [0.1, 0.15) is 11.6 Å². The molecule has 148 valence electrons. The SMILES string of the molecule is C#CCNS(=O)(=O)c1ccc(C(=O)NCCCCOc2ccc(F)cc2)cc1. The number of terminal acetylenes is 1. The normalized spacial score (nSPS) is 10.9. The van der Waals surface area contributed by atoms with Crippen molar-refractivity contribution in [2.75, 3.05) is 19.7 Å². The van der Waals surface area contributed by atoms with Crippen LogP contribution in [0, 0.1) is 18.2 Å². The molecule has 0 unspecified atom stereocenters. The molecule has 0 bridgehead atoms. The van der Waals surface area contributed by atoms with Crippen LogP contribution in [0.3, 0.4) is 0 Å². The van der Waals surface area contributed by atoms with Gasteiger partial charge in [0.15, 0.2) is 0 Å². The highest BCUT2D eigenvalue weighted by atomic mass is 32.2. The Bertz CT molecular complexity index is 920. The topological polar surface area (TPSA) is 84.5 Å². The molecular weight excluding hydrogens is 383 g/mol. The van der Waals surface area contributed by atoms with Gasteiger partial charge in [-0.2, -0.15) is 4.72 Å². The summed E-state index contributed by atoms with van der Waals surface area (Å²) in [5.74, 6) is 2.18. The lowest BCUT2D eigenvalue weighted by molar-refractivity contribution is 0.0952. The summed E-state index contributed by atoms with van der Waals surface area (Å²) < 4.78 is 44.4. The Labute approximate surface area is 164 Å². The van der Waals surface area contributed by atoms with Crippen molar-refractivity contribution in [3.8, 4) is 18.1 Å². The Kier molecular flexibility index (Phi) is 7.99. The molecule has 0 aliphatic heterocycles. The van der Waals surface area contributed by atoms with E-state index in [2.05, 4.69) is 16.0 Å². The van der Waals surface area contributed by atoms with E-state index in [-0.39, 0.29) is 23.2 Å². The summed E-state index contributed by atoms with van der Waals surface area (Å²) in [5.41, 5.74) is 0.360. The molecule has 8 heteroatoms. The van der Waals surface area contributed by atoms with Gasteiger partial charge in [-0.1, -0.05) is 5.92 Å². The monoisotopic (exact) mass is 404 g/mol. The fraction of sp³-hybridized carbons (Fsp3) is 0.250. The van der Waals surface area contributed by atoms with E-state index in [0.717, 1.165) is 6.42 Å². The maximum absolute atomic E-state index is 12.8. The second-order valence-corrected chi connectivity index (χ2v) is 7.59. The highest BCUT2D eigenvalue weighted by molar-refractivity contribution is 7.89. The molecule has 0 saturated carbocycles. The zero-order valence-corrected chi connectivity index (χ0v) is 16.0. The first kappa shape index (κ1) is 21.4. The van der Waals surface area contributed by atoms with Crippen molar-refractivity contribution in [3.05, 3.63) is 59.9 Å². The second kappa shape index (κ2) is 10.4. The number of carbonyl (C=O) groups is 1. The van der Waals surface area contributed by atoms with E-state index in [1.807, 2.05) is 0 Å². The van der Waals surface area contributed by atoms with E-state index in [9.17, 15) is 17.6 Å². The van der Waals surface area contributed by atoms with Crippen LogP contribution in [0.1, 0.15) is 23.2 Å². The second-order valence-electron chi connectivity index (χ2n) is 5.82. The highest BCUT2D eigenvalue weighted by Gasteiger charge is 2.13. The van der Waals surface area contributed by atoms with Gasteiger partial charge in [-0.15, -0.1) is 6.42 Å². The summed E-state index contributed by atoms with van der Waals surface area (Å²) in [6.07, 6.45) is 6.46. The lowest BCUT2D eigenvalue weighted by Crippen LogP contribution is -2.26. The van der Waals surface area contributed by atoms with Gasteiger partial charge in [0.2, 0.25) is 10.0 Å². The Balaban J connectivity index is 1.71. The predicted molar refractivity (Wildman–Crippen MR) is 104 cm³/mol. The number of unbranched alkanes of at least 4 members (excludes halogenated alkanes) is 1. The summed E-state index contributed by atoms with van der Waals surface area (Å²) >= 11 is 0. The maximum Gasteiger partial charge on any atom is 0.251 e. The molecule has 0 aromatic heterocycles. The number of carbonyl (C=O) groups excluding carboxylic acids is 1. The van der Waals surface area contributed by atoms with Crippen LogP contribution in [0.15, 0.2) is 53.4 Å². The summed E-state index contributed by atoms with van der Waals surface area (Å²) in [4.78, 5) is 12.1. The predicted octanol–water partition coefficient (Wildman–Crippen LogP) is 2.33. The number of hydrogen-bond donors (Lipinski definition) is 2. The van der Waals surface area contributed by atoms with Gasteiger partial charge in [-0.3, -0.25) is 4.79 Å². The number of ether oxygens (including phenoxy) is 1. The molecule has 0 fully saturated rings.